The third-order valence-electron chi connectivity index (χ3n) is 8.76. The molecule has 0 aromatic carbocycles. The number of aromatic nitrogens is 2. The number of fused-ring (bicyclic) bond motifs is 1. The van der Waals surface area contributed by atoms with Crippen LogP contribution in [0.25, 0.3) is 0 Å². The van der Waals surface area contributed by atoms with Crippen molar-refractivity contribution in [3.63, 3.8) is 0 Å². The van der Waals surface area contributed by atoms with E-state index in [0.717, 1.165) is 51.2 Å². The molecule has 5 rings (SSSR count). The average molecular weight is 543 g/mol. The highest BCUT2D eigenvalue weighted by atomic mass is 32.2. The standard InChI is InChI=1S/C25H36F2N4O5S/c1-15-8-21(30-37(2,33)34)22(31(15)24(32)36-13-20(27)16-4-3-5-16)14-35-19-6-7-25(10-17(25)9-19)23-28-11-18(26)12-29-23/h11-12,15-17,19-22,30H,3-10,13-14H2,1-2H3/t15-,17-,19+,20?,21+,22+,25-/m1/s1. The van der Waals surface area contributed by atoms with Gasteiger partial charge >= 0.3 is 6.09 Å². The van der Waals surface area contributed by atoms with Crippen molar-refractivity contribution in [2.24, 2.45) is 11.8 Å². The summed E-state index contributed by atoms with van der Waals surface area (Å²) >= 11 is 0. The minimum atomic E-state index is -3.52. The molecular weight excluding hydrogens is 506 g/mol. The molecule has 9 nitrogen and oxygen atoms in total. The summed E-state index contributed by atoms with van der Waals surface area (Å²) < 4.78 is 65.9. The summed E-state index contributed by atoms with van der Waals surface area (Å²) in [5, 5.41) is 0. The molecule has 3 saturated carbocycles. The smallest absolute Gasteiger partial charge is 0.410 e. The van der Waals surface area contributed by atoms with Crippen LogP contribution in [0.15, 0.2) is 12.4 Å². The number of nitrogens with one attached hydrogen (secondary N) is 1. The molecule has 1 amide bonds. The number of sulfonamides is 1. The predicted molar refractivity (Wildman–Crippen MR) is 130 cm³/mol. The minimum absolute atomic E-state index is 0.0521. The molecule has 1 unspecified atom stereocenters. The fourth-order valence-corrected chi connectivity index (χ4v) is 7.23. The van der Waals surface area contributed by atoms with Crippen LogP contribution in [0, 0.1) is 17.7 Å². The lowest BCUT2D eigenvalue weighted by molar-refractivity contribution is -0.0162. The summed E-state index contributed by atoms with van der Waals surface area (Å²) in [6.07, 6.45) is 7.98. The quantitative estimate of drug-likeness (QED) is 0.511. The highest BCUT2D eigenvalue weighted by molar-refractivity contribution is 7.88. The number of rotatable bonds is 9. The van der Waals surface area contributed by atoms with Gasteiger partial charge in [0.2, 0.25) is 10.0 Å². The number of halogens is 2. The predicted octanol–water partition coefficient (Wildman–Crippen LogP) is 3.10. The molecule has 1 N–H and O–H groups in total. The molecule has 12 heteroatoms. The van der Waals surface area contributed by atoms with Crippen LogP contribution in [0.1, 0.15) is 64.1 Å². The normalized spacial score (nSPS) is 34.5. The summed E-state index contributed by atoms with van der Waals surface area (Å²) in [5.41, 5.74) is -0.116. The zero-order valence-corrected chi connectivity index (χ0v) is 22.1. The first-order valence-electron chi connectivity index (χ1n) is 13.2. The van der Waals surface area contributed by atoms with Crippen LogP contribution in [0.2, 0.25) is 0 Å². The number of hydrogen-bond acceptors (Lipinski definition) is 7. The van der Waals surface area contributed by atoms with Crippen molar-refractivity contribution in [1.29, 1.82) is 0 Å². The zero-order valence-electron chi connectivity index (χ0n) is 21.3. The number of carbonyl (C=O) groups is 1. The Morgan fingerprint density at radius 3 is 2.62 bits per heavy atom. The highest BCUT2D eigenvalue weighted by Gasteiger charge is 2.60. The van der Waals surface area contributed by atoms with Gasteiger partial charge in [0.05, 0.1) is 37.4 Å². The molecule has 7 atom stereocenters. The molecule has 1 aliphatic heterocycles. The second kappa shape index (κ2) is 10.3. The van der Waals surface area contributed by atoms with E-state index in [-0.39, 0.29) is 36.7 Å². The molecule has 206 valence electrons. The fraction of sp³-hybridized carbons (Fsp3) is 0.800. The van der Waals surface area contributed by atoms with E-state index in [0.29, 0.717) is 18.2 Å². The maximum Gasteiger partial charge on any atom is 0.410 e. The molecule has 0 radical (unpaired) electrons. The summed E-state index contributed by atoms with van der Waals surface area (Å²) in [6, 6.07) is -1.38. The minimum Gasteiger partial charge on any atom is -0.446 e. The summed E-state index contributed by atoms with van der Waals surface area (Å²) in [7, 11) is -3.52. The van der Waals surface area contributed by atoms with Gasteiger partial charge in [-0.1, -0.05) is 6.42 Å². The Kier molecular flexibility index (Phi) is 7.45. The number of nitrogens with zero attached hydrogens (tertiary/aromatic N) is 3. The van der Waals surface area contributed by atoms with Gasteiger partial charge in [0.15, 0.2) is 5.82 Å². The van der Waals surface area contributed by atoms with E-state index in [1.54, 1.807) is 0 Å². The van der Waals surface area contributed by atoms with E-state index < -0.39 is 40.2 Å². The van der Waals surface area contributed by atoms with E-state index in [4.69, 9.17) is 9.47 Å². The molecule has 3 aliphatic carbocycles. The monoisotopic (exact) mass is 542 g/mol. The van der Waals surface area contributed by atoms with Gasteiger partial charge in [0, 0.05) is 17.5 Å². The van der Waals surface area contributed by atoms with Crippen LogP contribution < -0.4 is 4.72 Å². The Morgan fingerprint density at radius 1 is 1.27 bits per heavy atom. The van der Waals surface area contributed by atoms with Gasteiger partial charge in [0.25, 0.3) is 0 Å². The van der Waals surface area contributed by atoms with Crippen LogP contribution >= 0.6 is 0 Å². The molecule has 1 saturated heterocycles. The van der Waals surface area contributed by atoms with Crippen molar-refractivity contribution in [3.05, 3.63) is 24.0 Å². The molecule has 2 heterocycles. The molecule has 1 aromatic heterocycles. The Hall–Kier alpha value is -1.92. The van der Waals surface area contributed by atoms with E-state index >= 15 is 0 Å². The van der Waals surface area contributed by atoms with Crippen molar-refractivity contribution >= 4 is 16.1 Å². The van der Waals surface area contributed by atoms with Crippen molar-refractivity contribution < 1.29 is 31.5 Å². The van der Waals surface area contributed by atoms with Gasteiger partial charge in [0.1, 0.15) is 18.6 Å². The Labute approximate surface area is 216 Å². The number of likely N-dealkylation sites (tertiary alicyclic amines) is 1. The number of amides is 1. The molecular formula is C25H36F2N4O5S. The van der Waals surface area contributed by atoms with Crippen molar-refractivity contribution in [3.8, 4) is 0 Å². The Balaban J connectivity index is 1.20. The third kappa shape index (κ3) is 5.75. The number of hydrogen-bond donors (Lipinski definition) is 1. The van der Waals surface area contributed by atoms with Crippen molar-refractivity contribution in [2.75, 3.05) is 19.5 Å². The van der Waals surface area contributed by atoms with Crippen LogP contribution in [0.4, 0.5) is 13.6 Å². The van der Waals surface area contributed by atoms with Gasteiger partial charge in [-0.15, -0.1) is 0 Å². The topological polar surface area (TPSA) is 111 Å². The highest BCUT2D eigenvalue weighted by Crippen LogP contribution is 2.61. The van der Waals surface area contributed by atoms with E-state index in [1.165, 1.54) is 17.3 Å². The molecule has 1 aromatic rings. The van der Waals surface area contributed by atoms with Gasteiger partial charge in [-0.05, 0) is 63.7 Å². The molecule has 0 spiro atoms. The first kappa shape index (κ1) is 26.7. The summed E-state index contributed by atoms with van der Waals surface area (Å²) in [4.78, 5) is 22.9. The SMILES string of the molecule is C[C@@H]1C[C@H](NS(C)(=O)=O)[C@H](CO[C@H]2CC[C@@]3(c4ncc(F)cn4)C[C@H]3C2)N1C(=O)OCC(F)C1CCC1. The van der Waals surface area contributed by atoms with Crippen LogP contribution in [0.5, 0.6) is 0 Å². The first-order chi connectivity index (χ1) is 17.6. The summed E-state index contributed by atoms with van der Waals surface area (Å²) in [6.45, 7) is 1.69. The van der Waals surface area contributed by atoms with Gasteiger partial charge in [-0.3, -0.25) is 4.90 Å². The zero-order chi connectivity index (χ0) is 26.4. The lowest BCUT2D eigenvalue weighted by atomic mass is 9.82. The second-order valence-corrected chi connectivity index (χ2v) is 13.1. The van der Waals surface area contributed by atoms with Crippen molar-refractivity contribution in [1.82, 2.24) is 19.6 Å². The third-order valence-corrected chi connectivity index (χ3v) is 9.49. The van der Waals surface area contributed by atoms with Gasteiger partial charge in [-0.2, -0.15) is 0 Å². The lowest BCUT2D eigenvalue weighted by Crippen LogP contribution is -2.50. The van der Waals surface area contributed by atoms with Crippen LogP contribution in [0.3, 0.4) is 0 Å². The molecule has 4 fully saturated rings. The lowest BCUT2D eigenvalue weighted by Gasteiger charge is -2.33. The Bertz CT molecular complexity index is 1090. The fourth-order valence-electron chi connectivity index (χ4n) is 6.43. The maximum absolute atomic E-state index is 14.4. The molecule has 37 heavy (non-hydrogen) atoms. The van der Waals surface area contributed by atoms with E-state index in [1.807, 2.05) is 6.92 Å². The van der Waals surface area contributed by atoms with Crippen molar-refractivity contribution in [2.45, 2.75) is 94.1 Å². The number of carbonyl (C=O) groups excluding carboxylic acids is 1. The number of ether oxygens (including phenoxy) is 2. The largest absolute Gasteiger partial charge is 0.446 e. The second-order valence-electron chi connectivity index (χ2n) is 11.4. The Morgan fingerprint density at radius 2 is 2.00 bits per heavy atom. The average Bonchev–Trinajstić information content (AvgIpc) is 3.45. The van der Waals surface area contributed by atoms with Gasteiger partial charge in [-0.25, -0.2) is 36.7 Å². The van der Waals surface area contributed by atoms with Crippen LogP contribution in [-0.4, -0.2) is 79.2 Å². The summed E-state index contributed by atoms with van der Waals surface area (Å²) in [5.74, 6) is 0.522. The first-order valence-corrected chi connectivity index (χ1v) is 15.1. The van der Waals surface area contributed by atoms with Crippen LogP contribution in [-0.2, 0) is 24.9 Å². The van der Waals surface area contributed by atoms with E-state index in [2.05, 4.69) is 14.7 Å². The van der Waals surface area contributed by atoms with Gasteiger partial charge < -0.3 is 9.47 Å². The number of alkyl halides is 1. The molecule has 0 bridgehead atoms. The maximum atomic E-state index is 14.4. The molecule has 4 aliphatic rings. The van der Waals surface area contributed by atoms with E-state index in [9.17, 15) is 22.0 Å².